The first-order valence-electron chi connectivity index (χ1n) is 7.12. The molecular weight excluding hydrogens is 374 g/mol. The molecule has 0 aliphatic rings. The zero-order valence-electron chi connectivity index (χ0n) is 12.9. The van der Waals surface area contributed by atoms with E-state index in [9.17, 15) is 14.7 Å². The maximum atomic E-state index is 12.0. The number of carbonyl (C=O) groups excluding carboxylic acids is 2. The topological polar surface area (TPSA) is 90.8 Å². The van der Waals surface area contributed by atoms with Crippen LogP contribution in [0.5, 0.6) is 5.75 Å². The van der Waals surface area contributed by atoms with Gasteiger partial charge in [0.05, 0.1) is 18.3 Å². The van der Waals surface area contributed by atoms with Gasteiger partial charge in [0.25, 0.3) is 11.8 Å². The highest BCUT2D eigenvalue weighted by atomic mass is 79.9. The van der Waals surface area contributed by atoms with Gasteiger partial charge in [-0.1, -0.05) is 24.3 Å². The number of nitrogens with zero attached hydrogens (tertiary/aromatic N) is 1. The number of amides is 2. The molecule has 2 rings (SSSR count). The van der Waals surface area contributed by atoms with E-state index in [0.717, 1.165) is 0 Å². The van der Waals surface area contributed by atoms with Crippen LogP contribution in [0.4, 0.5) is 0 Å². The lowest BCUT2D eigenvalue weighted by atomic mass is 10.1. The average molecular weight is 390 g/mol. The van der Waals surface area contributed by atoms with Gasteiger partial charge in [-0.3, -0.25) is 9.59 Å². The number of hydrogen-bond acceptors (Lipinski definition) is 4. The molecular formula is C17H16BrN3O3. The molecule has 2 amide bonds. The smallest absolute Gasteiger partial charge is 0.259 e. The monoisotopic (exact) mass is 389 g/mol. The molecule has 6 nitrogen and oxygen atoms in total. The molecule has 0 heterocycles. The predicted molar refractivity (Wildman–Crippen MR) is 95.1 cm³/mol. The second-order valence-corrected chi connectivity index (χ2v) is 5.82. The van der Waals surface area contributed by atoms with Gasteiger partial charge in [-0.2, -0.15) is 5.10 Å². The Morgan fingerprint density at radius 1 is 1.21 bits per heavy atom. The minimum atomic E-state index is -0.473. The molecule has 0 bridgehead atoms. The molecule has 3 N–H and O–H groups in total. The standard InChI is InChI=1S/C17H16BrN3O3/c1-11-5-4-6-12(16(11)23)9-20-21-15(22)10-19-17(24)13-7-2-3-8-14(13)18/h2-9,23H,10H2,1H3,(H,19,24)(H,21,22)/b20-9-. The lowest BCUT2D eigenvalue weighted by molar-refractivity contribution is -0.120. The number of para-hydroxylation sites is 1. The first-order valence-corrected chi connectivity index (χ1v) is 7.91. The van der Waals surface area contributed by atoms with Gasteiger partial charge in [-0.25, -0.2) is 5.43 Å². The summed E-state index contributed by atoms with van der Waals surface area (Å²) in [7, 11) is 0. The molecule has 24 heavy (non-hydrogen) atoms. The van der Waals surface area contributed by atoms with E-state index in [2.05, 4.69) is 31.8 Å². The highest BCUT2D eigenvalue weighted by Crippen LogP contribution is 2.19. The minimum Gasteiger partial charge on any atom is -0.507 e. The van der Waals surface area contributed by atoms with Gasteiger partial charge in [0.2, 0.25) is 0 Å². The highest BCUT2D eigenvalue weighted by Gasteiger charge is 2.10. The van der Waals surface area contributed by atoms with Crippen LogP contribution in [-0.4, -0.2) is 29.7 Å². The molecule has 0 saturated carbocycles. The van der Waals surface area contributed by atoms with Crippen molar-refractivity contribution in [1.82, 2.24) is 10.7 Å². The number of aryl methyl sites for hydroxylation is 1. The van der Waals surface area contributed by atoms with E-state index in [4.69, 9.17) is 0 Å². The van der Waals surface area contributed by atoms with Crippen molar-refractivity contribution in [2.24, 2.45) is 5.10 Å². The number of aromatic hydroxyl groups is 1. The normalized spacial score (nSPS) is 10.6. The van der Waals surface area contributed by atoms with Crippen LogP contribution in [0.1, 0.15) is 21.5 Å². The fourth-order valence-corrected chi connectivity index (χ4v) is 2.37. The van der Waals surface area contributed by atoms with E-state index in [0.29, 0.717) is 21.2 Å². The molecule has 0 aliphatic carbocycles. The Balaban J connectivity index is 1.86. The van der Waals surface area contributed by atoms with Gasteiger partial charge in [0, 0.05) is 10.0 Å². The third-order valence-electron chi connectivity index (χ3n) is 3.19. The number of hydrazone groups is 1. The Morgan fingerprint density at radius 2 is 1.96 bits per heavy atom. The number of hydrogen-bond donors (Lipinski definition) is 3. The van der Waals surface area contributed by atoms with E-state index in [-0.39, 0.29) is 18.2 Å². The Bertz CT molecular complexity index is 790. The Kier molecular flexibility index (Phi) is 6.08. The van der Waals surface area contributed by atoms with Crippen LogP contribution in [0, 0.1) is 6.92 Å². The molecule has 7 heteroatoms. The summed E-state index contributed by atoms with van der Waals surface area (Å²) in [6.07, 6.45) is 1.34. The summed E-state index contributed by atoms with van der Waals surface area (Å²) in [5.41, 5.74) is 3.94. The van der Waals surface area contributed by atoms with Crippen molar-refractivity contribution in [3.05, 3.63) is 63.6 Å². The highest BCUT2D eigenvalue weighted by molar-refractivity contribution is 9.10. The first kappa shape index (κ1) is 17.7. The third-order valence-corrected chi connectivity index (χ3v) is 3.88. The average Bonchev–Trinajstić information content (AvgIpc) is 2.57. The van der Waals surface area contributed by atoms with Crippen molar-refractivity contribution >= 4 is 34.0 Å². The molecule has 0 spiro atoms. The van der Waals surface area contributed by atoms with E-state index >= 15 is 0 Å². The second kappa shape index (κ2) is 8.26. The Morgan fingerprint density at radius 3 is 2.71 bits per heavy atom. The van der Waals surface area contributed by atoms with E-state index in [1.54, 1.807) is 49.4 Å². The molecule has 0 aromatic heterocycles. The fraction of sp³-hybridized carbons (Fsp3) is 0.118. The first-order chi connectivity index (χ1) is 11.5. The molecule has 0 saturated heterocycles. The maximum Gasteiger partial charge on any atom is 0.259 e. The molecule has 0 fully saturated rings. The van der Waals surface area contributed by atoms with Gasteiger partial charge >= 0.3 is 0 Å². The van der Waals surface area contributed by atoms with Gasteiger partial charge in [-0.15, -0.1) is 0 Å². The molecule has 0 aliphatic heterocycles. The summed E-state index contributed by atoms with van der Waals surface area (Å²) in [4.78, 5) is 23.6. The van der Waals surface area contributed by atoms with Crippen molar-refractivity contribution in [1.29, 1.82) is 0 Å². The number of phenols is 1. The predicted octanol–water partition coefficient (Wildman–Crippen LogP) is 2.34. The van der Waals surface area contributed by atoms with Crippen LogP contribution in [0.15, 0.2) is 52.0 Å². The van der Waals surface area contributed by atoms with Crippen LogP contribution in [0.25, 0.3) is 0 Å². The lowest BCUT2D eigenvalue weighted by Crippen LogP contribution is -2.35. The van der Waals surface area contributed by atoms with Crippen LogP contribution < -0.4 is 10.7 Å². The van der Waals surface area contributed by atoms with Gasteiger partial charge in [0.15, 0.2) is 0 Å². The summed E-state index contributed by atoms with van der Waals surface area (Å²) in [5, 5.41) is 16.1. The number of carbonyl (C=O) groups is 2. The second-order valence-electron chi connectivity index (χ2n) is 4.97. The van der Waals surface area contributed by atoms with Crippen LogP contribution >= 0.6 is 15.9 Å². The van der Waals surface area contributed by atoms with E-state index in [1.807, 2.05) is 0 Å². The van der Waals surface area contributed by atoms with Crippen LogP contribution in [-0.2, 0) is 4.79 Å². The van der Waals surface area contributed by atoms with Gasteiger partial charge in [-0.05, 0) is 46.6 Å². The summed E-state index contributed by atoms with van der Waals surface area (Å²) in [5.74, 6) is -0.727. The number of nitrogens with one attached hydrogen (secondary N) is 2. The number of phenolic OH excluding ortho intramolecular Hbond substituents is 1. The van der Waals surface area contributed by atoms with Gasteiger partial charge < -0.3 is 10.4 Å². The van der Waals surface area contributed by atoms with Gasteiger partial charge in [0.1, 0.15) is 5.75 Å². The largest absolute Gasteiger partial charge is 0.507 e. The lowest BCUT2D eigenvalue weighted by Gasteiger charge is -2.06. The number of benzene rings is 2. The fourth-order valence-electron chi connectivity index (χ4n) is 1.90. The van der Waals surface area contributed by atoms with Crippen molar-refractivity contribution in [3.8, 4) is 5.75 Å². The summed E-state index contributed by atoms with van der Waals surface area (Å²) < 4.78 is 0.649. The minimum absolute atomic E-state index is 0.109. The molecule has 2 aromatic carbocycles. The van der Waals surface area contributed by atoms with Crippen molar-refractivity contribution in [3.63, 3.8) is 0 Å². The third kappa shape index (κ3) is 4.66. The summed E-state index contributed by atoms with van der Waals surface area (Å²) in [6.45, 7) is 1.56. The van der Waals surface area contributed by atoms with Crippen LogP contribution in [0.2, 0.25) is 0 Å². The zero-order chi connectivity index (χ0) is 17.5. The molecule has 0 radical (unpaired) electrons. The number of halogens is 1. The SMILES string of the molecule is Cc1cccc(/C=N\NC(=O)CNC(=O)c2ccccc2Br)c1O. The van der Waals surface area contributed by atoms with Crippen molar-refractivity contribution < 1.29 is 14.7 Å². The molecule has 2 aromatic rings. The molecule has 0 atom stereocenters. The van der Waals surface area contributed by atoms with Crippen molar-refractivity contribution in [2.75, 3.05) is 6.54 Å². The quantitative estimate of drug-likeness (QED) is 0.541. The molecule has 124 valence electrons. The summed E-state index contributed by atoms with van der Waals surface area (Å²) in [6, 6.07) is 12.1. The number of rotatable bonds is 5. The zero-order valence-corrected chi connectivity index (χ0v) is 14.5. The Labute approximate surface area is 147 Å². The molecule has 0 unspecified atom stereocenters. The maximum absolute atomic E-state index is 12.0. The van der Waals surface area contributed by atoms with Crippen LogP contribution in [0.3, 0.4) is 0 Å². The summed E-state index contributed by atoms with van der Waals surface area (Å²) >= 11 is 3.28. The van der Waals surface area contributed by atoms with Crippen molar-refractivity contribution in [2.45, 2.75) is 6.92 Å². The van der Waals surface area contributed by atoms with E-state index in [1.165, 1.54) is 6.21 Å². The Hall–Kier alpha value is -2.67. The van der Waals surface area contributed by atoms with E-state index < -0.39 is 5.91 Å².